The molecule has 0 saturated carbocycles. The van der Waals surface area contributed by atoms with E-state index >= 15 is 0 Å². The van der Waals surface area contributed by atoms with E-state index < -0.39 is 12.1 Å². The fourth-order valence-corrected chi connectivity index (χ4v) is 3.01. The van der Waals surface area contributed by atoms with Crippen molar-refractivity contribution >= 4 is 17.8 Å². The lowest BCUT2D eigenvalue weighted by Gasteiger charge is -2.33. The highest BCUT2D eigenvalue weighted by atomic mass is 16.5. The van der Waals surface area contributed by atoms with E-state index in [0.717, 1.165) is 5.56 Å². The van der Waals surface area contributed by atoms with E-state index in [9.17, 15) is 14.4 Å². The Hall–Kier alpha value is -2.37. The van der Waals surface area contributed by atoms with Crippen molar-refractivity contribution in [3.05, 3.63) is 35.9 Å². The SMILES string of the molecule is CN1CC(=O)N2C[C@H](OC(=O)Cc3ccccc3)C[C@H]2C1=O. The first-order valence-corrected chi connectivity index (χ1v) is 7.32. The predicted octanol–water partition coefficient (Wildman–Crippen LogP) is 0.214. The Balaban J connectivity index is 1.60. The summed E-state index contributed by atoms with van der Waals surface area (Å²) in [5.74, 6) is -0.501. The second kappa shape index (κ2) is 5.79. The van der Waals surface area contributed by atoms with Crippen molar-refractivity contribution in [2.24, 2.45) is 0 Å². The molecule has 0 radical (unpaired) electrons. The quantitative estimate of drug-likeness (QED) is 0.749. The van der Waals surface area contributed by atoms with Gasteiger partial charge in [0.15, 0.2) is 0 Å². The van der Waals surface area contributed by atoms with Gasteiger partial charge >= 0.3 is 5.97 Å². The molecule has 2 aliphatic rings. The fourth-order valence-electron chi connectivity index (χ4n) is 3.01. The monoisotopic (exact) mass is 302 g/mol. The van der Waals surface area contributed by atoms with Gasteiger partial charge in [0.25, 0.3) is 0 Å². The number of hydrogen-bond acceptors (Lipinski definition) is 4. The Kier molecular flexibility index (Phi) is 3.83. The summed E-state index contributed by atoms with van der Waals surface area (Å²) in [4.78, 5) is 39.0. The number of piperazine rings is 1. The van der Waals surface area contributed by atoms with Gasteiger partial charge in [0.2, 0.25) is 11.8 Å². The molecule has 2 aliphatic heterocycles. The summed E-state index contributed by atoms with van der Waals surface area (Å²) in [5, 5.41) is 0. The topological polar surface area (TPSA) is 66.9 Å². The molecule has 0 aliphatic carbocycles. The number of likely N-dealkylation sites (N-methyl/N-ethyl adjacent to an activating group) is 1. The maximum Gasteiger partial charge on any atom is 0.310 e. The molecule has 6 heteroatoms. The third-order valence-electron chi connectivity index (χ3n) is 4.11. The molecule has 1 aromatic carbocycles. The van der Waals surface area contributed by atoms with Gasteiger partial charge in [-0.05, 0) is 5.56 Å². The highest BCUT2D eigenvalue weighted by Crippen LogP contribution is 2.25. The molecule has 2 heterocycles. The Bertz CT molecular complexity index is 601. The average molecular weight is 302 g/mol. The number of carbonyl (C=O) groups excluding carboxylic acids is 3. The summed E-state index contributed by atoms with van der Waals surface area (Å²) < 4.78 is 5.44. The van der Waals surface area contributed by atoms with Crippen LogP contribution in [0.25, 0.3) is 0 Å². The Morgan fingerprint density at radius 1 is 1.27 bits per heavy atom. The molecule has 3 rings (SSSR count). The Morgan fingerprint density at radius 2 is 2.00 bits per heavy atom. The second-order valence-electron chi connectivity index (χ2n) is 5.77. The minimum absolute atomic E-state index is 0.0822. The number of esters is 1. The van der Waals surface area contributed by atoms with Crippen molar-refractivity contribution in [1.82, 2.24) is 9.80 Å². The summed E-state index contributed by atoms with van der Waals surface area (Å²) in [6, 6.07) is 8.86. The van der Waals surface area contributed by atoms with Crippen LogP contribution >= 0.6 is 0 Å². The summed E-state index contributed by atoms with van der Waals surface area (Å²) >= 11 is 0. The maximum atomic E-state index is 12.1. The first kappa shape index (κ1) is 14.6. The van der Waals surface area contributed by atoms with E-state index in [1.54, 1.807) is 7.05 Å². The lowest BCUT2D eigenvalue weighted by atomic mass is 10.1. The van der Waals surface area contributed by atoms with Crippen LogP contribution in [0.5, 0.6) is 0 Å². The average Bonchev–Trinajstić information content (AvgIpc) is 2.90. The number of ether oxygens (including phenoxy) is 1. The van der Waals surface area contributed by atoms with E-state index in [1.807, 2.05) is 30.3 Å². The zero-order valence-electron chi connectivity index (χ0n) is 12.4. The molecule has 0 bridgehead atoms. The highest BCUT2D eigenvalue weighted by molar-refractivity contribution is 5.95. The maximum absolute atomic E-state index is 12.1. The standard InChI is InChI=1S/C16H18N2O4/c1-17-10-14(19)18-9-12(8-13(18)16(17)21)22-15(20)7-11-5-3-2-4-6-11/h2-6,12-13H,7-10H2,1H3/t12-,13+/m1/s1. The molecule has 6 nitrogen and oxygen atoms in total. The number of fused-ring (bicyclic) bond motifs is 1. The molecule has 0 N–H and O–H groups in total. The van der Waals surface area contributed by atoms with Gasteiger partial charge in [-0.15, -0.1) is 0 Å². The molecule has 2 atom stereocenters. The minimum atomic E-state index is -0.485. The van der Waals surface area contributed by atoms with Crippen LogP contribution in [-0.4, -0.2) is 59.9 Å². The smallest absolute Gasteiger partial charge is 0.310 e. The Labute approximate surface area is 128 Å². The van der Waals surface area contributed by atoms with Crippen LogP contribution in [0.4, 0.5) is 0 Å². The molecule has 2 fully saturated rings. The largest absolute Gasteiger partial charge is 0.460 e. The van der Waals surface area contributed by atoms with Crippen molar-refractivity contribution in [3.8, 4) is 0 Å². The zero-order valence-corrected chi connectivity index (χ0v) is 12.4. The van der Waals surface area contributed by atoms with Crippen LogP contribution < -0.4 is 0 Å². The van der Waals surface area contributed by atoms with Crippen molar-refractivity contribution < 1.29 is 19.1 Å². The van der Waals surface area contributed by atoms with Gasteiger partial charge in [0.1, 0.15) is 12.1 Å². The van der Waals surface area contributed by atoms with Gasteiger partial charge < -0.3 is 14.5 Å². The summed E-state index contributed by atoms with van der Waals surface area (Å²) in [6.45, 7) is 0.406. The van der Waals surface area contributed by atoms with E-state index in [4.69, 9.17) is 4.74 Å². The van der Waals surface area contributed by atoms with Gasteiger partial charge in [0, 0.05) is 13.5 Å². The molecule has 0 aromatic heterocycles. The molecule has 116 valence electrons. The summed E-state index contributed by atoms with van der Waals surface area (Å²) in [7, 11) is 1.62. The third kappa shape index (κ3) is 2.81. The van der Waals surface area contributed by atoms with Gasteiger partial charge in [-0.1, -0.05) is 30.3 Å². The van der Waals surface area contributed by atoms with Gasteiger partial charge in [-0.25, -0.2) is 0 Å². The van der Waals surface area contributed by atoms with E-state index in [1.165, 1.54) is 9.80 Å². The predicted molar refractivity (Wildman–Crippen MR) is 77.8 cm³/mol. The van der Waals surface area contributed by atoms with Crippen LogP contribution in [0.3, 0.4) is 0 Å². The third-order valence-corrected chi connectivity index (χ3v) is 4.11. The van der Waals surface area contributed by atoms with E-state index in [-0.39, 0.29) is 30.7 Å². The second-order valence-corrected chi connectivity index (χ2v) is 5.77. The van der Waals surface area contributed by atoms with Gasteiger partial charge in [-0.3, -0.25) is 14.4 Å². The first-order chi connectivity index (χ1) is 10.5. The van der Waals surface area contributed by atoms with Crippen molar-refractivity contribution in [3.63, 3.8) is 0 Å². The number of rotatable bonds is 3. The molecule has 2 amide bonds. The molecular weight excluding hydrogens is 284 g/mol. The van der Waals surface area contributed by atoms with E-state index in [0.29, 0.717) is 13.0 Å². The van der Waals surface area contributed by atoms with Crippen LogP contribution in [0.1, 0.15) is 12.0 Å². The minimum Gasteiger partial charge on any atom is -0.460 e. The van der Waals surface area contributed by atoms with E-state index in [2.05, 4.69) is 0 Å². The number of nitrogens with zero attached hydrogens (tertiary/aromatic N) is 2. The van der Waals surface area contributed by atoms with Gasteiger partial charge in [-0.2, -0.15) is 0 Å². The lowest BCUT2D eigenvalue weighted by molar-refractivity contribution is -0.152. The highest BCUT2D eigenvalue weighted by Gasteiger charge is 2.45. The van der Waals surface area contributed by atoms with Crippen LogP contribution in [0.15, 0.2) is 30.3 Å². The van der Waals surface area contributed by atoms with Gasteiger partial charge in [0.05, 0.1) is 19.5 Å². The molecule has 22 heavy (non-hydrogen) atoms. The lowest BCUT2D eigenvalue weighted by Crippen LogP contribution is -2.55. The van der Waals surface area contributed by atoms with Crippen molar-refractivity contribution in [1.29, 1.82) is 0 Å². The molecular formula is C16H18N2O4. The normalized spacial score (nSPS) is 24.4. The molecule has 2 saturated heterocycles. The first-order valence-electron chi connectivity index (χ1n) is 7.32. The fraction of sp³-hybridized carbons (Fsp3) is 0.438. The number of hydrogen-bond donors (Lipinski definition) is 0. The number of carbonyl (C=O) groups is 3. The Morgan fingerprint density at radius 3 is 2.73 bits per heavy atom. The van der Waals surface area contributed by atoms with Crippen molar-refractivity contribution in [2.45, 2.75) is 25.0 Å². The number of amides is 2. The molecule has 0 spiro atoms. The zero-order chi connectivity index (χ0) is 15.7. The van der Waals surface area contributed by atoms with Crippen LogP contribution in [-0.2, 0) is 25.5 Å². The molecule has 1 aromatic rings. The summed E-state index contributed by atoms with van der Waals surface area (Å²) in [5.41, 5.74) is 0.884. The van der Waals surface area contributed by atoms with Crippen LogP contribution in [0, 0.1) is 0 Å². The summed E-state index contributed by atoms with van der Waals surface area (Å²) in [6.07, 6.45) is 0.180. The number of benzene rings is 1. The van der Waals surface area contributed by atoms with Crippen LogP contribution in [0.2, 0.25) is 0 Å². The van der Waals surface area contributed by atoms with Crippen molar-refractivity contribution in [2.75, 3.05) is 20.1 Å². The molecule has 0 unspecified atom stereocenters.